The van der Waals surface area contributed by atoms with Crippen LogP contribution in [-0.4, -0.2) is 46.1 Å². The summed E-state index contributed by atoms with van der Waals surface area (Å²) in [6, 6.07) is 8.20. The minimum absolute atomic E-state index is 0.286. The number of thioether (sulfide) groups is 1. The molecule has 0 saturated carbocycles. The highest BCUT2D eigenvalue weighted by Crippen LogP contribution is 2.31. The first-order chi connectivity index (χ1) is 10.7. The average molecular weight is 337 g/mol. The molecule has 128 valence electrons. The molecule has 1 amide bonds. The maximum Gasteiger partial charge on any atom is 0.410 e. The zero-order valence-electron chi connectivity index (χ0n) is 14.5. The van der Waals surface area contributed by atoms with E-state index < -0.39 is 11.2 Å². The van der Waals surface area contributed by atoms with Crippen molar-refractivity contribution in [2.24, 2.45) is 0 Å². The highest BCUT2D eigenvalue weighted by atomic mass is 32.2. The van der Waals surface area contributed by atoms with Crippen molar-refractivity contribution in [1.82, 2.24) is 4.90 Å². The smallest absolute Gasteiger partial charge is 0.410 e. The lowest BCUT2D eigenvalue weighted by atomic mass is 9.94. The van der Waals surface area contributed by atoms with Gasteiger partial charge < -0.3 is 14.7 Å². The van der Waals surface area contributed by atoms with E-state index in [4.69, 9.17) is 4.74 Å². The molecule has 0 unspecified atom stereocenters. The number of carbonyl (C=O) groups excluding carboxylic acids is 1. The Labute approximate surface area is 143 Å². The Morgan fingerprint density at radius 2 is 1.91 bits per heavy atom. The second-order valence-corrected chi connectivity index (χ2v) is 8.26. The highest BCUT2D eigenvalue weighted by molar-refractivity contribution is 7.99. The molecular formula is C18H27NO3S. The van der Waals surface area contributed by atoms with Crippen LogP contribution in [-0.2, 0) is 4.74 Å². The number of benzene rings is 1. The molecule has 4 nitrogen and oxygen atoms in total. The summed E-state index contributed by atoms with van der Waals surface area (Å²) < 4.78 is 5.39. The zero-order chi connectivity index (χ0) is 17.1. The van der Waals surface area contributed by atoms with Crippen molar-refractivity contribution in [3.63, 3.8) is 0 Å². The molecule has 1 aromatic carbocycles. The predicted molar refractivity (Wildman–Crippen MR) is 93.9 cm³/mol. The molecule has 1 heterocycles. The van der Waals surface area contributed by atoms with Gasteiger partial charge in [0, 0.05) is 23.7 Å². The normalized spacial score (nSPS) is 17.9. The fraction of sp³-hybridized carbons (Fsp3) is 0.611. The van der Waals surface area contributed by atoms with Gasteiger partial charge in [0.05, 0.1) is 5.60 Å². The molecule has 23 heavy (non-hydrogen) atoms. The molecule has 1 aromatic rings. The van der Waals surface area contributed by atoms with Crippen LogP contribution in [0.4, 0.5) is 4.79 Å². The lowest BCUT2D eigenvalue weighted by Gasteiger charge is -2.38. The van der Waals surface area contributed by atoms with E-state index in [1.807, 2.05) is 32.9 Å². The quantitative estimate of drug-likeness (QED) is 0.851. The highest BCUT2D eigenvalue weighted by Gasteiger charge is 2.35. The van der Waals surface area contributed by atoms with Crippen LogP contribution >= 0.6 is 11.8 Å². The SMILES string of the molecule is Cc1ccccc1SCC1(O)CCN(C(=O)OC(C)(C)C)CC1. The molecule has 0 spiro atoms. The lowest BCUT2D eigenvalue weighted by Crippen LogP contribution is -2.49. The number of ether oxygens (including phenoxy) is 1. The molecular weight excluding hydrogens is 310 g/mol. The number of hydrogen-bond donors (Lipinski definition) is 1. The number of amides is 1. The van der Waals surface area contributed by atoms with Crippen LogP contribution in [0, 0.1) is 6.92 Å². The summed E-state index contributed by atoms with van der Waals surface area (Å²) in [5.74, 6) is 0.653. The lowest BCUT2D eigenvalue weighted by molar-refractivity contribution is -0.0190. The maximum absolute atomic E-state index is 12.1. The van der Waals surface area contributed by atoms with Gasteiger partial charge in [-0.25, -0.2) is 4.79 Å². The van der Waals surface area contributed by atoms with Gasteiger partial charge in [-0.1, -0.05) is 18.2 Å². The van der Waals surface area contributed by atoms with Crippen LogP contribution in [0.5, 0.6) is 0 Å². The van der Waals surface area contributed by atoms with Gasteiger partial charge in [0.1, 0.15) is 5.60 Å². The zero-order valence-corrected chi connectivity index (χ0v) is 15.3. The minimum Gasteiger partial charge on any atom is -0.444 e. The van der Waals surface area contributed by atoms with Crippen LogP contribution in [0.15, 0.2) is 29.2 Å². The van der Waals surface area contributed by atoms with Crippen LogP contribution in [0.3, 0.4) is 0 Å². The second-order valence-electron chi connectivity index (χ2n) is 7.25. The standard InChI is InChI=1S/C18H27NO3S/c1-14-7-5-6-8-15(14)23-13-18(21)9-11-19(12-10-18)16(20)22-17(2,3)4/h5-8,21H,9-13H2,1-4H3. The fourth-order valence-electron chi connectivity index (χ4n) is 2.51. The van der Waals surface area contributed by atoms with Gasteiger partial charge in [-0.05, 0) is 52.2 Å². The monoisotopic (exact) mass is 337 g/mol. The van der Waals surface area contributed by atoms with Crippen molar-refractivity contribution in [2.45, 2.75) is 56.6 Å². The van der Waals surface area contributed by atoms with Crippen molar-refractivity contribution in [3.8, 4) is 0 Å². The van der Waals surface area contributed by atoms with E-state index in [1.54, 1.807) is 16.7 Å². The van der Waals surface area contributed by atoms with Gasteiger partial charge in [0.15, 0.2) is 0 Å². The van der Waals surface area contributed by atoms with E-state index in [9.17, 15) is 9.90 Å². The summed E-state index contributed by atoms with van der Waals surface area (Å²) in [5, 5.41) is 10.8. The molecule has 0 radical (unpaired) electrons. The molecule has 1 aliphatic heterocycles. The first-order valence-electron chi connectivity index (χ1n) is 8.07. The number of carbonyl (C=O) groups is 1. The van der Waals surface area contributed by atoms with Crippen LogP contribution in [0.25, 0.3) is 0 Å². The Bertz CT molecular complexity index is 545. The van der Waals surface area contributed by atoms with Crippen molar-refractivity contribution >= 4 is 17.9 Å². The minimum atomic E-state index is -0.717. The third kappa shape index (κ3) is 5.43. The Hall–Kier alpha value is -1.20. The van der Waals surface area contributed by atoms with Crippen LogP contribution in [0.2, 0.25) is 0 Å². The molecule has 0 aromatic heterocycles. The topological polar surface area (TPSA) is 49.8 Å². The van der Waals surface area contributed by atoms with Gasteiger partial charge in [-0.15, -0.1) is 11.8 Å². The first kappa shape index (κ1) is 18.1. The fourth-order valence-corrected chi connectivity index (χ4v) is 3.69. The summed E-state index contributed by atoms with van der Waals surface area (Å²) >= 11 is 1.69. The van der Waals surface area contributed by atoms with Gasteiger partial charge in [-0.2, -0.15) is 0 Å². The average Bonchev–Trinajstić information content (AvgIpc) is 2.45. The Morgan fingerprint density at radius 3 is 2.48 bits per heavy atom. The summed E-state index contributed by atoms with van der Waals surface area (Å²) in [4.78, 5) is 15.0. The van der Waals surface area contributed by atoms with E-state index in [1.165, 1.54) is 10.5 Å². The third-order valence-electron chi connectivity index (χ3n) is 3.94. The molecule has 0 bridgehead atoms. The summed E-state index contributed by atoms with van der Waals surface area (Å²) in [6.07, 6.45) is 0.891. The van der Waals surface area contributed by atoms with Crippen molar-refractivity contribution in [1.29, 1.82) is 0 Å². The van der Waals surface area contributed by atoms with E-state index in [0.29, 0.717) is 31.7 Å². The molecule has 1 saturated heterocycles. The second kappa shape index (κ2) is 7.14. The third-order valence-corrected chi connectivity index (χ3v) is 5.39. The number of nitrogens with zero attached hydrogens (tertiary/aromatic N) is 1. The van der Waals surface area contributed by atoms with Crippen LogP contribution < -0.4 is 0 Å². The molecule has 0 aliphatic carbocycles. The largest absolute Gasteiger partial charge is 0.444 e. The molecule has 5 heteroatoms. The van der Waals surface area contributed by atoms with Gasteiger partial charge in [0.2, 0.25) is 0 Å². The molecule has 2 rings (SSSR count). The van der Waals surface area contributed by atoms with Crippen molar-refractivity contribution in [3.05, 3.63) is 29.8 Å². The summed E-state index contributed by atoms with van der Waals surface area (Å²) in [7, 11) is 0. The Kier molecular flexibility index (Phi) is 5.63. The summed E-state index contributed by atoms with van der Waals surface area (Å²) in [5.41, 5.74) is 0.0315. The van der Waals surface area contributed by atoms with E-state index in [-0.39, 0.29) is 6.09 Å². The molecule has 0 atom stereocenters. The van der Waals surface area contributed by atoms with Gasteiger partial charge in [-0.3, -0.25) is 0 Å². The molecule has 1 N–H and O–H groups in total. The van der Waals surface area contributed by atoms with Gasteiger partial charge in [0.25, 0.3) is 0 Å². The van der Waals surface area contributed by atoms with Gasteiger partial charge >= 0.3 is 6.09 Å². The molecule has 1 fully saturated rings. The first-order valence-corrected chi connectivity index (χ1v) is 9.06. The number of aliphatic hydroxyl groups is 1. The van der Waals surface area contributed by atoms with Crippen LogP contribution in [0.1, 0.15) is 39.2 Å². The summed E-state index contributed by atoms with van der Waals surface area (Å²) in [6.45, 7) is 8.76. The predicted octanol–water partition coefficient (Wildman–Crippen LogP) is 3.85. The van der Waals surface area contributed by atoms with E-state index in [0.717, 1.165) is 0 Å². The van der Waals surface area contributed by atoms with Crippen molar-refractivity contribution in [2.75, 3.05) is 18.8 Å². The number of likely N-dealkylation sites (tertiary alicyclic amines) is 1. The van der Waals surface area contributed by atoms with Crippen molar-refractivity contribution < 1.29 is 14.6 Å². The number of rotatable bonds is 3. The Morgan fingerprint density at radius 1 is 1.30 bits per heavy atom. The number of aryl methyl sites for hydroxylation is 1. The van der Waals surface area contributed by atoms with E-state index in [2.05, 4.69) is 19.1 Å². The number of hydrogen-bond acceptors (Lipinski definition) is 4. The van der Waals surface area contributed by atoms with E-state index >= 15 is 0 Å². The Balaban J connectivity index is 1.85. The maximum atomic E-state index is 12.1. The molecule has 1 aliphatic rings. The number of piperidine rings is 1.